The van der Waals surface area contributed by atoms with Gasteiger partial charge in [-0.2, -0.15) is 0 Å². The molecule has 4 N–H and O–H groups in total. The normalized spacial score (nSPS) is 16.9. The predicted octanol–water partition coefficient (Wildman–Crippen LogP) is 1.47. The summed E-state index contributed by atoms with van der Waals surface area (Å²) >= 11 is 0. The molecule has 0 radical (unpaired) electrons. The number of rotatable bonds is 5. The molecule has 136 valence electrons. The summed E-state index contributed by atoms with van der Waals surface area (Å²) in [7, 11) is 2.01. The lowest BCUT2D eigenvalue weighted by atomic mass is 10.0. The lowest BCUT2D eigenvalue weighted by Crippen LogP contribution is -2.45. The van der Waals surface area contributed by atoms with Gasteiger partial charge in [-0.3, -0.25) is 4.79 Å². The van der Waals surface area contributed by atoms with Crippen molar-refractivity contribution in [2.75, 3.05) is 25.0 Å². The quantitative estimate of drug-likeness (QED) is 0.616. The van der Waals surface area contributed by atoms with E-state index in [9.17, 15) is 4.79 Å². The van der Waals surface area contributed by atoms with E-state index in [1.807, 2.05) is 33.9 Å². The number of nitrogens with zero attached hydrogens (tertiary/aromatic N) is 4. The van der Waals surface area contributed by atoms with Gasteiger partial charge in [-0.25, -0.2) is 9.97 Å². The van der Waals surface area contributed by atoms with Crippen LogP contribution in [0.25, 0.3) is 0 Å². The first kappa shape index (κ1) is 18.8. The number of carbonyl (C=O) groups is 1. The Morgan fingerprint density at radius 3 is 2.28 bits per heavy atom. The molecule has 0 amide bonds. The monoisotopic (exact) mass is 344 g/mol. The first-order valence-corrected chi connectivity index (χ1v) is 8.51. The highest BCUT2D eigenvalue weighted by Crippen LogP contribution is 2.22. The summed E-state index contributed by atoms with van der Waals surface area (Å²) in [6.07, 6.45) is 6.19. The number of hydrogen-bond donors (Lipinski definition) is 2. The van der Waals surface area contributed by atoms with Gasteiger partial charge in [0.1, 0.15) is 0 Å². The number of aryl methyl sites for hydroxylation is 2. The molecule has 7 nitrogen and oxygen atoms in total. The van der Waals surface area contributed by atoms with Crippen LogP contribution in [0.1, 0.15) is 41.5 Å². The molecule has 1 aliphatic rings. The molecule has 2 heterocycles. The summed E-state index contributed by atoms with van der Waals surface area (Å²) in [5, 5.41) is 0. The Bertz CT molecular complexity index is 666. The van der Waals surface area contributed by atoms with E-state index < -0.39 is 0 Å². The molecular weight excluding hydrogens is 316 g/mol. The molecule has 25 heavy (non-hydrogen) atoms. The molecular formula is C18H28N6O. The van der Waals surface area contributed by atoms with Crippen LogP contribution in [0.2, 0.25) is 0 Å². The standard InChI is InChI=1S/C18H28N6O/c1-12(10-19)9-17(20)23(4)15-5-7-24(8-6-15)18-21-13(2)16(11-25)14(3)22-18/h9-11,15H,5-8,19-20H2,1-4H3/b12-10-,17-9+. The number of allylic oxidation sites excluding steroid dienone is 2. The number of piperidine rings is 1. The van der Waals surface area contributed by atoms with Gasteiger partial charge in [0.15, 0.2) is 6.29 Å². The minimum atomic E-state index is 0.370. The number of aldehydes is 1. The molecule has 2 rings (SSSR count). The molecule has 0 aliphatic carbocycles. The van der Waals surface area contributed by atoms with E-state index in [1.165, 1.54) is 0 Å². The summed E-state index contributed by atoms with van der Waals surface area (Å²) < 4.78 is 0. The third-order valence-electron chi connectivity index (χ3n) is 4.77. The molecule has 0 saturated carbocycles. The van der Waals surface area contributed by atoms with E-state index in [1.54, 1.807) is 6.20 Å². The average molecular weight is 344 g/mol. The Kier molecular flexibility index (Phi) is 6.01. The van der Waals surface area contributed by atoms with Crippen molar-refractivity contribution in [1.82, 2.24) is 14.9 Å². The van der Waals surface area contributed by atoms with Crippen molar-refractivity contribution >= 4 is 12.2 Å². The number of carbonyl (C=O) groups excluding carboxylic acids is 1. The predicted molar refractivity (Wildman–Crippen MR) is 100 cm³/mol. The van der Waals surface area contributed by atoms with Crippen molar-refractivity contribution in [2.24, 2.45) is 11.5 Å². The lowest BCUT2D eigenvalue weighted by Gasteiger charge is -2.38. The molecule has 1 aliphatic heterocycles. The fourth-order valence-corrected chi connectivity index (χ4v) is 3.07. The van der Waals surface area contributed by atoms with Gasteiger partial charge in [0.2, 0.25) is 5.95 Å². The molecule has 0 spiro atoms. The van der Waals surface area contributed by atoms with Crippen molar-refractivity contribution in [1.29, 1.82) is 0 Å². The zero-order valence-corrected chi connectivity index (χ0v) is 15.5. The van der Waals surface area contributed by atoms with Crippen LogP contribution in [-0.2, 0) is 0 Å². The van der Waals surface area contributed by atoms with Crippen LogP contribution in [0, 0.1) is 13.8 Å². The van der Waals surface area contributed by atoms with Gasteiger partial charge in [-0.1, -0.05) is 0 Å². The molecule has 1 saturated heterocycles. The molecule has 1 aromatic rings. The first-order valence-electron chi connectivity index (χ1n) is 8.51. The largest absolute Gasteiger partial charge is 0.404 e. The van der Waals surface area contributed by atoms with Gasteiger partial charge in [-0.05, 0) is 51.5 Å². The summed E-state index contributed by atoms with van der Waals surface area (Å²) in [4.78, 5) is 24.4. The first-order chi connectivity index (χ1) is 11.9. The third kappa shape index (κ3) is 4.29. The Morgan fingerprint density at radius 1 is 1.24 bits per heavy atom. The van der Waals surface area contributed by atoms with Crippen LogP contribution in [0.15, 0.2) is 23.7 Å². The maximum atomic E-state index is 11.1. The average Bonchev–Trinajstić information content (AvgIpc) is 2.60. The van der Waals surface area contributed by atoms with Crippen LogP contribution in [0.3, 0.4) is 0 Å². The van der Waals surface area contributed by atoms with E-state index in [0.717, 1.165) is 55.0 Å². The van der Waals surface area contributed by atoms with Crippen LogP contribution < -0.4 is 16.4 Å². The number of anilines is 1. The maximum absolute atomic E-state index is 11.1. The third-order valence-corrected chi connectivity index (χ3v) is 4.77. The zero-order chi connectivity index (χ0) is 18.6. The van der Waals surface area contributed by atoms with Gasteiger partial charge in [0, 0.05) is 26.2 Å². The van der Waals surface area contributed by atoms with Gasteiger partial charge in [0.25, 0.3) is 0 Å². The molecule has 1 fully saturated rings. The highest BCUT2D eigenvalue weighted by molar-refractivity contribution is 5.78. The Balaban J connectivity index is 2.05. The molecule has 0 unspecified atom stereocenters. The summed E-state index contributed by atoms with van der Waals surface area (Å²) in [6, 6.07) is 0.370. The fraction of sp³-hybridized carbons (Fsp3) is 0.500. The van der Waals surface area contributed by atoms with Crippen molar-refractivity contribution in [3.05, 3.63) is 40.6 Å². The van der Waals surface area contributed by atoms with Crippen LogP contribution in [0.5, 0.6) is 0 Å². The second-order valence-corrected chi connectivity index (χ2v) is 6.53. The van der Waals surface area contributed by atoms with Crippen LogP contribution in [-0.4, -0.2) is 47.3 Å². The van der Waals surface area contributed by atoms with Gasteiger partial charge >= 0.3 is 0 Å². The highest BCUT2D eigenvalue weighted by atomic mass is 16.1. The number of nitrogens with two attached hydrogens (primary N) is 2. The second kappa shape index (κ2) is 8.00. The fourth-order valence-electron chi connectivity index (χ4n) is 3.07. The van der Waals surface area contributed by atoms with E-state index in [4.69, 9.17) is 11.5 Å². The minimum Gasteiger partial charge on any atom is -0.404 e. The van der Waals surface area contributed by atoms with Gasteiger partial charge in [0.05, 0.1) is 22.8 Å². The van der Waals surface area contributed by atoms with Crippen molar-refractivity contribution in [3.63, 3.8) is 0 Å². The lowest BCUT2D eigenvalue weighted by molar-refractivity contribution is 0.112. The molecule has 7 heteroatoms. The molecule has 1 aromatic heterocycles. The summed E-state index contributed by atoms with van der Waals surface area (Å²) in [5.74, 6) is 1.42. The van der Waals surface area contributed by atoms with Crippen LogP contribution in [0.4, 0.5) is 5.95 Å². The molecule has 0 bridgehead atoms. The maximum Gasteiger partial charge on any atom is 0.225 e. The SMILES string of the molecule is CC(=C/N)/C=C(\N)N(C)C1CCN(c2nc(C)c(C=O)c(C)n2)CC1. The Hall–Kier alpha value is -2.57. The smallest absolute Gasteiger partial charge is 0.225 e. The van der Waals surface area contributed by atoms with Crippen molar-refractivity contribution < 1.29 is 4.79 Å². The number of aromatic nitrogens is 2. The van der Waals surface area contributed by atoms with Crippen molar-refractivity contribution in [2.45, 2.75) is 39.7 Å². The van der Waals surface area contributed by atoms with Crippen LogP contribution >= 0.6 is 0 Å². The van der Waals surface area contributed by atoms with Gasteiger partial charge in [-0.15, -0.1) is 0 Å². The van der Waals surface area contributed by atoms with E-state index in [-0.39, 0.29) is 0 Å². The van der Waals surface area contributed by atoms with E-state index in [2.05, 4.69) is 19.8 Å². The summed E-state index contributed by atoms with van der Waals surface area (Å²) in [5.41, 5.74) is 14.6. The van der Waals surface area contributed by atoms with Gasteiger partial charge < -0.3 is 21.3 Å². The van der Waals surface area contributed by atoms with E-state index >= 15 is 0 Å². The van der Waals surface area contributed by atoms with E-state index in [0.29, 0.717) is 17.6 Å². The Morgan fingerprint density at radius 2 is 1.80 bits per heavy atom. The second-order valence-electron chi connectivity index (χ2n) is 6.53. The number of hydrogen-bond acceptors (Lipinski definition) is 7. The molecule has 0 atom stereocenters. The highest BCUT2D eigenvalue weighted by Gasteiger charge is 2.25. The zero-order valence-electron chi connectivity index (χ0n) is 15.5. The minimum absolute atomic E-state index is 0.370. The van der Waals surface area contributed by atoms with Crippen molar-refractivity contribution in [3.8, 4) is 0 Å². The topological polar surface area (TPSA) is 101 Å². The summed E-state index contributed by atoms with van der Waals surface area (Å²) in [6.45, 7) is 7.33. The molecule has 0 aromatic carbocycles. The Labute approximate surface area is 149 Å².